The van der Waals surface area contributed by atoms with Crippen molar-refractivity contribution in [1.29, 1.82) is 0 Å². The van der Waals surface area contributed by atoms with Gasteiger partial charge in [0.1, 0.15) is 0 Å². The average molecular weight is 370 g/mol. The molecule has 5 heteroatoms. The van der Waals surface area contributed by atoms with E-state index in [0.29, 0.717) is 17.0 Å². The molecule has 26 heavy (non-hydrogen) atoms. The molecule has 2 aliphatic carbocycles. The average Bonchev–Trinajstić information content (AvgIpc) is 3.24. The van der Waals surface area contributed by atoms with Crippen LogP contribution in [0, 0.1) is 11.8 Å². The number of nitrogens with zero attached hydrogens (tertiary/aromatic N) is 2. The quantitative estimate of drug-likeness (QED) is 0.832. The van der Waals surface area contributed by atoms with Crippen LogP contribution >= 0.6 is 11.3 Å². The van der Waals surface area contributed by atoms with Gasteiger partial charge in [-0.3, -0.25) is 4.79 Å². The molecule has 2 saturated carbocycles. The van der Waals surface area contributed by atoms with E-state index >= 15 is 0 Å². The van der Waals surface area contributed by atoms with Gasteiger partial charge < -0.3 is 10.2 Å². The molecule has 4 nitrogen and oxygen atoms in total. The van der Waals surface area contributed by atoms with Crippen molar-refractivity contribution in [3.05, 3.63) is 41.4 Å². The summed E-state index contributed by atoms with van der Waals surface area (Å²) >= 11 is 1.48. The minimum Gasteiger partial charge on any atom is -0.378 e. The summed E-state index contributed by atoms with van der Waals surface area (Å²) in [7, 11) is 4.09. The number of aromatic nitrogens is 1. The van der Waals surface area contributed by atoms with E-state index in [1.807, 2.05) is 19.5 Å². The van der Waals surface area contributed by atoms with Gasteiger partial charge in [-0.05, 0) is 36.0 Å². The van der Waals surface area contributed by atoms with Crippen LogP contribution in [0.4, 0.5) is 10.8 Å². The number of thiazole rings is 1. The first-order valence-electron chi connectivity index (χ1n) is 9.60. The summed E-state index contributed by atoms with van der Waals surface area (Å²) in [6.07, 6.45) is 9.22. The number of nitrogens with one attached hydrogen (secondary N) is 1. The SMILES string of the molecule is CN(C)c1ccc(C2(C(=O)Nc3nccs3)CC2C2CCCCC2)cc1. The second-order valence-electron chi connectivity index (χ2n) is 7.91. The topological polar surface area (TPSA) is 45.2 Å². The van der Waals surface area contributed by atoms with E-state index in [-0.39, 0.29) is 11.3 Å². The number of hydrogen-bond donors (Lipinski definition) is 1. The third-order valence-corrected chi connectivity index (χ3v) is 6.88. The second-order valence-corrected chi connectivity index (χ2v) is 8.81. The standard InChI is InChI=1S/C21H27N3OS/c1-24(2)17-10-8-16(9-11-17)21(19(25)23-20-22-12-13-26-20)14-18(21)15-6-4-3-5-7-15/h8-13,15,18H,3-7,14H2,1-2H3,(H,22,23,25). The van der Waals surface area contributed by atoms with Gasteiger partial charge in [-0.15, -0.1) is 11.3 Å². The zero-order valence-corrected chi connectivity index (χ0v) is 16.4. The molecule has 2 aliphatic rings. The smallest absolute Gasteiger partial charge is 0.237 e. The molecule has 138 valence electrons. The number of benzene rings is 1. The maximum Gasteiger partial charge on any atom is 0.237 e. The summed E-state index contributed by atoms with van der Waals surface area (Å²) in [5.41, 5.74) is 1.95. The van der Waals surface area contributed by atoms with E-state index in [9.17, 15) is 4.79 Å². The summed E-state index contributed by atoms with van der Waals surface area (Å²) < 4.78 is 0. The van der Waals surface area contributed by atoms with Gasteiger partial charge in [0.15, 0.2) is 5.13 Å². The summed E-state index contributed by atoms with van der Waals surface area (Å²) in [6.45, 7) is 0. The fourth-order valence-electron chi connectivity index (χ4n) is 4.67. The highest BCUT2D eigenvalue weighted by atomic mass is 32.1. The Bertz CT molecular complexity index is 750. The van der Waals surface area contributed by atoms with E-state index in [1.54, 1.807) is 6.20 Å². The number of rotatable bonds is 5. The predicted octanol–water partition coefficient (Wildman–Crippen LogP) is 4.69. The predicted molar refractivity (Wildman–Crippen MR) is 108 cm³/mol. The Morgan fingerprint density at radius 3 is 2.54 bits per heavy atom. The van der Waals surface area contributed by atoms with Crippen molar-refractivity contribution >= 4 is 28.1 Å². The number of amides is 1. The fraction of sp³-hybridized carbons (Fsp3) is 0.524. The number of anilines is 2. The van der Waals surface area contributed by atoms with Gasteiger partial charge in [0.05, 0.1) is 5.41 Å². The summed E-state index contributed by atoms with van der Waals surface area (Å²) in [6, 6.07) is 8.56. The lowest BCUT2D eigenvalue weighted by Crippen LogP contribution is -2.32. The van der Waals surface area contributed by atoms with Crippen molar-refractivity contribution in [3.63, 3.8) is 0 Å². The Morgan fingerprint density at radius 2 is 1.92 bits per heavy atom. The van der Waals surface area contributed by atoms with Crippen LogP contribution in [-0.2, 0) is 10.2 Å². The number of carbonyl (C=O) groups excluding carboxylic acids is 1. The van der Waals surface area contributed by atoms with Crippen LogP contribution in [0.3, 0.4) is 0 Å². The molecular formula is C21H27N3OS. The van der Waals surface area contributed by atoms with Crippen molar-refractivity contribution in [2.24, 2.45) is 11.8 Å². The van der Waals surface area contributed by atoms with Crippen LogP contribution in [0.1, 0.15) is 44.1 Å². The Hall–Kier alpha value is -1.88. The van der Waals surface area contributed by atoms with Crippen LogP contribution in [0.5, 0.6) is 0 Å². The van der Waals surface area contributed by atoms with Gasteiger partial charge in [-0.25, -0.2) is 4.98 Å². The minimum absolute atomic E-state index is 0.126. The van der Waals surface area contributed by atoms with E-state index in [0.717, 1.165) is 12.0 Å². The van der Waals surface area contributed by atoms with E-state index in [2.05, 4.69) is 39.5 Å². The third kappa shape index (κ3) is 3.13. The normalized spacial score (nSPS) is 25.7. The molecule has 0 radical (unpaired) electrons. The highest BCUT2D eigenvalue weighted by Gasteiger charge is 2.63. The molecule has 4 rings (SSSR count). The zero-order chi connectivity index (χ0) is 18.1. The zero-order valence-electron chi connectivity index (χ0n) is 15.6. The summed E-state index contributed by atoms with van der Waals surface area (Å²) in [5, 5.41) is 5.69. The first kappa shape index (κ1) is 17.5. The number of carbonyl (C=O) groups is 1. The van der Waals surface area contributed by atoms with Crippen molar-refractivity contribution in [2.75, 3.05) is 24.3 Å². The largest absolute Gasteiger partial charge is 0.378 e. The maximum atomic E-state index is 13.3. The Balaban J connectivity index is 1.62. The molecule has 2 aromatic rings. The summed E-state index contributed by atoms with van der Waals surface area (Å²) in [5.74, 6) is 1.27. The maximum absolute atomic E-state index is 13.3. The van der Waals surface area contributed by atoms with Crippen molar-refractivity contribution in [3.8, 4) is 0 Å². The highest BCUT2D eigenvalue weighted by molar-refractivity contribution is 7.13. The van der Waals surface area contributed by atoms with Gasteiger partial charge >= 0.3 is 0 Å². The van der Waals surface area contributed by atoms with Gasteiger partial charge in [0.25, 0.3) is 0 Å². The lowest BCUT2D eigenvalue weighted by atomic mass is 9.80. The van der Waals surface area contributed by atoms with E-state index < -0.39 is 0 Å². The van der Waals surface area contributed by atoms with Gasteiger partial charge in [0.2, 0.25) is 5.91 Å². The molecule has 0 saturated heterocycles. The molecule has 0 bridgehead atoms. The second kappa shape index (κ2) is 7.03. The van der Waals surface area contributed by atoms with Gasteiger partial charge in [-0.1, -0.05) is 44.2 Å². The van der Waals surface area contributed by atoms with Gasteiger partial charge in [-0.2, -0.15) is 0 Å². The van der Waals surface area contributed by atoms with E-state index in [4.69, 9.17) is 0 Å². The van der Waals surface area contributed by atoms with Crippen LogP contribution in [0.2, 0.25) is 0 Å². The molecule has 2 fully saturated rings. The number of hydrogen-bond acceptors (Lipinski definition) is 4. The van der Waals surface area contributed by atoms with Crippen molar-refractivity contribution < 1.29 is 4.79 Å². The molecule has 1 aromatic carbocycles. The molecule has 1 N–H and O–H groups in total. The molecule has 1 amide bonds. The van der Waals surface area contributed by atoms with E-state index in [1.165, 1.54) is 49.1 Å². The first-order valence-corrected chi connectivity index (χ1v) is 10.5. The molecule has 2 unspecified atom stereocenters. The van der Waals surface area contributed by atoms with Crippen LogP contribution in [0.25, 0.3) is 0 Å². The summed E-state index contributed by atoms with van der Waals surface area (Å²) in [4.78, 5) is 19.7. The molecule has 1 heterocycles. The Labute approximate surface area is 159 Å². The monoisotopic (exact) mass is 369 g/mol. The van der Waals surface area contributed by atoms with Crippen molar-refractivity contribution in [2.45, 2.75) is 43.9 Å². The Kier molecular flexibility index (Phi) is 4.74. The molecule has 1 aromatic heterocycles. The van der Waals surface area contributed by atoms with Crippen molar-refractivity contribution in [1.82, 2.24) is 4.98 Å². The van der Waals surface area contributed by atoms with Gasteiger partial charge in [0, 0.05) is 31.4 Å². The lowest BCUT2D eigenvalue weighted by Gasteiger charge is -2.26. The lowest BCUT2D eigenvalue weighted by molar-refractivity contribution is -0.119. The molecular weight excluding hydrogens is 342 g/mol. The minimum atomic E-state index is -0.376. The third-order valence-electron chi connectivity index (χ3n) is 6.19. The first-order chi connectivity index (χ1) is 12.6. The Morgan fingerprint density at radius 1 is 1.19 bits per heavy atom. The highest BCUT2D eigenvalue weighted by Crippen LogP contribution is 2.61. The molecule has 2 atom stereocenters. The van der Waals surface area contributed by atoms with Crippen LogP contribution < -0.4 is 10.2 Å². The van der Waals surface area contributed by atoms with Crippen LogP contribution in [-0.4, -0.2) is 25.0 Å². The van der Waals surface area contributed by atoms with Crippen LogP contribution in [0.15, 0.2) is 35.8 Å². The molecule has 0 aliphatic heterocycles. The fourth-order valence-corrected chi connectivity index (χ4v) is 5.19. The molecule has 0 spiro atoms.